The van der Waals surface area contributed by atoms with E-state index in [0.717, 1.165) is 5.56 Å². The summed E-state index contributed by atoms with van der Waals surface area (Å²) >= 11 is 0. The topological polar surface area (TPSA) is 57.2 Å². The van der Waals surface area contributed by atoms with E-state index in [0.29, 0.717) is 13.0 Å². The molecule has 0 amide bonds. The molecule has 5 nitrogen and oxygen atoms in total. The molecule has 1 aromatic rings. The SMILES string of the molecule is CO[C@@H]1O[C@H](C[C@@H](O)COCc2ccccc2)[C@@H](C)[C@@H](O[Si](C)(C)C(C)(C)C)[C@@H]1C. The smallest absolute Gasteiger partial charge is 0.192 e. The van der Waals surface area contributed by atoms with Gasteiger partial charge in [-0.05, 0) is 23.7 Å². The van der Waals surface area contributed by atoms with Crippen LogP contribution in [0.5, 0.6) is 0 Å². The fourth-order valence-electron chi connectivity index (χ4n) is 3.76. The molecular weight excluding hydrogens is 396 g/mol. The molecule has 6 heteroatoms. The molecule has 2 rings (SSSR count). The predicted octanol–water partition coefficient (Wildman–Crippen LogP) is 4.99. The van der Waals surface area contributed by atoms with Gasteiger partial charge in [-0.3, -0.25) is 0 Å². The lowest BCUT2D eigenvalue weighted by molar-refractivity contribution is -0.255. The van der Waals surface area contributed by atoms with Crippen LogP contribution < -0.4 is 0 Å². The van der Waals surface area contributed by atoms with Crippen LogP contribution in [0.3, 0.4) is 0 Å². The first-order valence-corrected chi connectivity index (χ1v) is 14.0. The minimum absolute atomic E-state index is 0.0343. The molecule has 1 N–H and O–H groups in total. The lowest BCUT2D eigenvalue weighted by Gasteiger charge is -2.49. The number of methoxy groups -OCH3 is 1. The Kier molecular flexibility index (Phi) is 9.10. The molecule has 0 bridgehead atoms. The molecule has 1 aromatic carbocycles. The summed E-state index contributed by atoms with van der Waals surface area (Å²) in [7, 11) is -0.267. The molecule has 1 heterocycles. The van der Waals surface area contributed by atoms with Crippen molar-refractivity contribution in [3.63, 3.8) is 0 Å². The van der Waals surface area contributed by atoms with Crippen molar-refractivity contribution < 1.29 is 23.7 Å². The predicted molar refractivity (Wildman–Crippen MR) is 123 cm³/mol. The van der Waals surface area contributed by atoms with Crippen molar-refractivity contribution in [3.05, 3.63) is 35.9 Å². The van der Waals surface area contributed by atoms with Crippen molar-refractivity contribution in [2.45, 2.75) is 90.4 Å². The molecule has 0 aromatic heterocycles. The van der Waals surface area contributed by atoms with Gasteiger partial charge in [0.05, 0.1) is 31.5 Å². The number of ether oxygens (including phenoxy) is 3. The Hall–Kier alpha value is -0.763. The van der Waals surface area contributed by atoms with Crippen LogP contribution in [0.15, 0.2) is 30.3 Å². The van der Waals surface area contributed by atoms with Gasteiger partial charge in [0.2, 0.25) is 0 Å². The summed E-state index contributed by atoms with van der Waals surface area (Å²) in [6.07, 6.45) is -0.540. The van der Waals surface area contributed by atoms with Crippen molar-refractivity contribution in [1.82, 2.24) is 0 Å². The summed E-state index contributed by atoms with van der Waals surface area (Å²) in [5.41, 5.74) is 1.10. The molecule has 0 unspecified atom stereocenters. The van der Waals surface area contributed by atoms with Gasteiger partial charge in [-0.2, -0.15) is 0 Å². The van der Waals surface area contributed by atoms with Crippen molar-refractivity contribution in [2.24, 2.45) is 11.8 Å². The summed E-state index contributed by atoms with van der Waals surface area (Å²) in [5.74, 6) is 0.283. The number of aliphatic hydroxyl groups is 1. The number of hydrogen-bond acceptors (Lipinski definition) is 5. The minimum atomic E-state index is -1.94. The summed E-state index contributed by atoms with van der Waals surface area (Å²) in [6, 6.07) is 10.00. The van der Waals surface area contributed by atoms with E-state index in [-0.39, 0.29) is 42.0 Å². The Balaban J connectivity index is 1.98. The lowest BCUT2D eigenvalue weighted by Crippen LogP contribution is -2.56. The zero-order chi connectivity index (χ0) is 22.5. The maximum absolute atomic E-state index is 10.6. The van der Waals surface area contributed by atoms with E-state index in [1.165, 1.54) is 0 Å². The van der Waals surface area contributed by atoms with E-state index in [2.05, 4.69) is 47.7 Å². The molecule has 1 aliphatic rings. The molecule has 172 valence electrons. The van der Waals surface area contributed by atoms with E-state index < -0.39 is 14.4 Å². The Morgan fingerprint density at radius 2 is 1.73 bits per heavy atom. The van der Waals surface area contributed by atoms with Crippen LogP contribution in [0, 0.1) is 11.8 Å². The van der Waals surface area contributed by atoms with E-state index in [1.807, 2.05) is 30.3 Å². The first-order chi connectivity index (χ1) is 14.0. The van der Waals surface area contributed by atoms with Crippen LogP contribution in [0.25, 0.3) is 0 Å². The van der Waals surface area contributed by atoms with Gasteiger partial charge < -0.3 is 23.7 Å². The highest BCUT2D eigenvalue weighted by Gasteiger charge is 2.47. The Labute approximate surface area is 184 Å². The highest BCUT2D eigenvalue weighted by Crippen LogP contribution is 2.42. The monoisotopic (exact) mass is 438 g/mol. The lowest BCUT2D eigenvalue weighted by atomic mass is 9.84. The molecule has 0 aliphatic carbocycles. The van der Waals surface area contributed by atoms with Gasteiger partial charge in [0, 0.05) is 25.4 Å². The Morgan fingerprint density at radius 3 is 2.30 bits per heavy atom. The third-order valence-corrected chi connectivity index (χ3v) is 11.2. The number of aliphatic hydroxyl groups excluding tert-OH is 1. The maximum Gasteiger partial charge on any atom is 0.192 e. The van der Waals surface area contributed by atoms with Gasteiger partial charge in [-0.1, -0.05) is 65.0 Å². The van der Waals surface area contributed by atoms with Crippen LogP contribution in [-0.2, 0) is 25.2 Å². The van der Waals surface area contributed by atoms with E-state index in [9.17, 15) is 5.11 Å². The second-order valence-corrected chi connectivity index (χ2v) is 15.0. The average Bonchev–Trinajstić information content (AvgIpc) is 2.67. The van der Waals surface area contributed by atoms with Crippen LogP contribution in [0.4, 0.5) is 0 Å². The Bertz CT molecular complexity index is 630. The Morgan fingerprint density at radius 1 is 1.10 bits per heavy atom. The zero-order valence-corrected chi connectivity index (χ0v) is 21.1. The summed E-state index contributed by atoms with van der Waals surface area (Å²) in [4.78, 5) is 0. The maximum atomic E-state index is 10.6. The van der Waals surface area contributed by atoms with Crippen molar-refractivity contribution >= 4 is 8.32 Å². The quantitative estimate of drug-likeness (QED) is 0.551. The van der Waals surface area contributed by atoms with Gasteiger partial charge in [0.15, 0.2) is 14.6 Å². The largest absolute Gasteiger partial charge is 0.413 e. The average molecular weight is 439 g/mol. The number of benzene rings is 1. The van der Waals surface area contributed by atoms with Crippen LogP contribution in [0.1, 0.15) is 46.6 Å². The number of rotatable bonds is 9. The van der Waals surface area contributed by atoms with Gasteiger partial charge in [0.1, 0.15) is 0 Å². The fraction of sp³-hybridized carbons (Fsp3) is 0.750. The third kappa shape index (κ3) is 6.62. The van der Waals surface area contributed by atoms with Crippen LogP contribution >= 0.6 is 0 Å². The molecule has 0 radical (unpaired) electrons. The standard InChI is InChI=1S/C24H42O5Si/c1-17-21(14-20(25)16-27-15-19-12-10-9-11-13-19)28-23(26-6)18(2)22(17)29-30(7,8)24(3,4)5/h9-13,17-18,20-23,25H,14-16H2,1-8H3/t17-,18+,20-,21-,22-,23-/m1/s1. The van der Waals surface area contributed by atoms with Crippen molar-refractivity contribution in [3.8, 4) is 0 Å². The normalized spacial score (nSPS) is 29.0. The zero-order valence-electron chi connectivity index (χ0n) is 20.1. The van der Waals surface area contributed by atoms with E-state index in [4.69, 9.17) is 18.6 Å². The van der Waals surface area contributed by atoms with Crippen molar-refractivity contribution in [2.75, 3.05) is 13.7 Å². The molecular formula is C24H42O5Si. The van der Waals surface area contributed by atoms with Crippen molar-refractivity contribution in [1.29, 1.82) is 0 Å². The van der Waals surface area contributed by atoms with E-state index in [1.54, 1.807) is 7.11 Å². The summed E-state index contributed by atoms with van der Waals surface area (Å²) < 4.78 is 24.4. The molecule has 0 saturated carbocycles. The summed E-state index contributed by atoms with van der Waals surface area (Å²) in [5, 5.41) is 10.7. The second-order valence-electron chi connectivity index (χ2n) is 10.2. The highest BCUT2D eigenvalue weighted by atomic mass is 28.4. The molecule has 30 heavy (non-hydrogen) atoms. The minimum Gasteiger partial charge on any atom is -0.413 e. The van der Waals surface area contributed by atoms with Gasteiger partial charge >= 0.3 is 0 Å². The van der Waals surface area contributed by atoms with Gasteiger partial charge in [-0.15, -0.1) is 0 Å². The molecule has 1 aliphatic heterocycles. The first-order valence-electron chi connectivity index (χ1n) is 11.1. The van der Waals surface area contributed by atoms with E-state index >= 15 is 0 Å². The second kappa shape index (κ2) is 10.7. The first kappa shape index (κ1) is 25.5. The third-order valence-electron chi connectivity index (χ3n) is 6.76. The van der Waals surface area contributed by atoms with Crippen LogP contribution in [0.2, 0.25) is 18.1 Å². The summed E-state index contributed by atoms with van der Waals surface area (Å²) in [6.45, 7) is 16.4. The molecule has 0 spiro atoms. The molecule has 1 saturated heterocycles. The van der Waals surface area contributed by atoms with Gasteiger partial charge in [0.25, 0.3) is 0 Å². The fourth-order valence-corrected chi connectivity index (χ4v) is 5.22. The molecule has 6 atom stereocenters. The highest BCUT2D eigenvalue weighted by molar-refractivity contribution is 6.74. The van der Waals surface area contributed by atoms with Crippen LogP contribution in [-0.4, -0.2) is 51.7 Å². The molecule has 1 fully saturated rings. The van der Waals surface area contributed by atoms with Gasteiger partial charge in [-0.25, -0.2) is 0 Å². The number of hydrogen-bond donors (Lipinski definition) is 1.